The second-order valence-electron chi connectivity index (χ2n) is 5.26. The lowest BCUT2D eigenvalue weighted by atomic mass is 10.2. The summed E-state index contributed by atoms with van der Waals surface area (Å²) in [5, 5.41) is 8.52. The number of hydrogen-bond donors (Lipinski definition) is 2. The molecule has 0 atom stereocenters. The molecule has 5 nitrogen and oxygen atoms in total. The van der Waals surface area contributed by atoms with E-state index in [9.17, 15) is 4.79 Å². The number of pyridine rings is 2. The molecule has 0 unspecified atom stereocenters. The van der Waals surface area contributed by atoms with E-state index < -0.39 is 0 Å². The van der Waals surface area contributed by atoms with Crippen molar-refractivity contribution < 1.29 is 0 Å². The Balaban J connectivity index is 1.83. The van der Waals surface area contributed by atoms with Crippen LogP contribution in [-0.2, 0) is 7.05 Å². The fourth-order valence-corrected chi connectivity index (χ4v) is 3.32. The van der Waals surface area contributed by atoms with Crippen LogP contribution in [-0.4, -0.2) is 14.5 Å². The van der Waals surface area contributed by atoms with Crippen LogP contribution >= 0.6 is 11.3 Å². The molecule has 0 amide bonds. The first-order chi connectivity index (χ1) is 11.2. The number of H-pyrrole nitrogens is 1. The molecule has 4 aromatic heterocycles. The molecule has 0 aliphatic heterocycles. The number of rotatable bonds is 3. The molecule has 0 radical (unpaired) electrons. The Morgan fingerprint density at radius 2 is 2.17 bits per heavy atom. The van der Waals surface area contributed by atoms with Crippen LogP contribution in [0.2, 0.25) is 0 Å². The van der Waals surface area contributed by atoms with Crippen molar-refractivity contribution in [1.82, 2.24) is 14.5 Å². The van der Waals surface area contributed by atoms with Crippen LogP contribution in [0.1, 0.15) is 0 Å². The van der Waals surface area contributed by atoms with E-state index in [4.69, 9.17) is 0 Å². The fourth-order valence-electron chi connectivity index (χ4n) is 2.67. The average molecular weight is 322 g/mol. The molecule has 4 aromatic rings. The number of aromatic nitrogens is 3. The van der Waals surface area contributed by atoms with Crippen molar-refractivity contribution in [3.8, 4) is 11.3 Å². The van der Waals surface area contributed by atoms with Gasteiger partial charge < -0.3 is 14.9 Å². The summed E-state index contributed by atoms with van der Waals surface area (Å²) in [6, 6.07) is 9.48. The van der Waals surface area contributed by atoms with Gasteiger partial charge in [0.05, 0.1) is 11.2 Å². The number of aromatic amines is 1. The first-order valence-electron chi connectivity index (χ1n) is 7.15. The number of nitrogens with one attached hydrogen (secondary N) is 2. The summed E-state index contributed by atoms with van der Waals surface area (Å²) in [6.07, 6.45) is 3.43. The standard InChI is InChI=1S/C17H14N4OS/c1-21-14-4-6-18-17(20-12-2-3-16(22)19-9-12)13(14)8-15(21)11-5-7-23-10-11/h2-10H,1H3,(H,18,20)(H,19,22). The number of nitrogens with zero attached hydrogens (tertiary/aromatic N) is 2. The van der Waals surface area contributed by atoms with E-state index in [-0.39, 0.29) is 5.56 Å². The lowest BCUT2D eigenvalue weighted by Crippen LogP contribution is -2.03. The highest BCUT2D eigenvalue weighted by atomic mass is 32.1. The smallest absolute Gasteiger partial charge is 0.248 e. The largest absolute Gasteiger partial charge is 0.343 e. The van der Waals surface area contributed by atoms with Gasteiger partial charge in [0.15, 0.2) is 0 Å². The predicted octanol–water partition coefficient (Wildman–Crippen LogP) is 3.73. The molecule has 23 heavy (non-hydrogen) atoms. The molecular weight excluding hydrogens is 308 g/mol. The number of anilines is 2. The Kier molecular flexibility index (Phi) is 3.24. The quantitative estimate of drug-likeness (QED) is 0.604. The maximum atomic E-state index is 11.2. The Hall–Kier alpha value is -2.86. The Bertz CT molecular complexity index is 1010. The van der Waals surface area contributed by atoms with Gasteiger partial charge in [0.1, 0.15) is 5.82 Å². The Morgan fingerprint density at radius 3 is 2.91 bits per heavy atom. The van der Waals surface area contributed by atoms with E-state index >= 15 is 0 Å². The van der Waals surface area contributed by atoms with Crippen LogP contribution in [0.25, 0.3) is 22.2 Å². The van der Waals surface area contributed by atoms with Gasteiger partial charge in [-0.1, -0.05) is 0 Å². The van der Waals surface area contributed by atoms with Crippen molar-refractivity contribution in [3.05, 3.63) is 63.8 Å². The molecule has 0 saturated heterocycles. The third-order valence-electron chi connectivity index (χ3n) is 3.83. The van der Waals surface area contributed by atoms with Gasteiger partial charge in [-0.05, 0) is 29.6 Å². The van der Waals surface area contributed by atoms with Crippen molar-refractivity contribution in [3.63, 3.8) is 0 Å². The molecule has 4 heterocycles. The monoisotopic (exact) mass is 322 g/mol. The van der Waals surface area contributed by atoms with E-state index in [1.165, 1.54) is 11.6 Å². The molecule has 0 fully saturated rings. The van der Waals surface area contributed by atoms with E-state index in [0.717, 1.165) is 28.1 Å². The summed E-state index contributed by atoms with van der Waals surface area (Å²) >= 11 is 1.68. The van der Waals surface area contributed by atoms with E-state index in [2.05, 4.69) is 49.8 Å². The minimum Gasteiger partial charge on any atom is -0.343 e. The number of hydrogen-bond acceptors (Lipinski definition) is 4. The van der Waals surface area contributed by atoms with Crippen LogP contribution in [0.3, 0.4) is 0 Å². The van der Waals surface area contributed by atoms with Gasteiger partial charge in [0.25, 0.3) is 0 Å². The normalized spacial score (nSPS) is 11.0. The summed E-state index contributed by atoms with van der Waals surface area (Å²) in [7, 11) is 2.05. The second-order valence-corrected chi connectivity index (χ2v) is 6.04. The lowest BCUT2D eigenvalue weighted by Gasteiger charge is -2.06. The van der Waals surface area contributed by atoms with Crippen molar-refractivity contribution in [2.75, 3.05) is 5.32 Å². The van der Waals surface area contributed by atoms with Gasteiger partial charge in [-0.3, -0.25) is 4.79 Å². The minimum absolute atomic E-state index is 0.124. The van der Waals surface area contributed by atoms with Crippen LogP contribution < -0.4 is 10.9 Å². The minimum atomic E-state index is -0.124. The van der Waals surface area contributed by atoms with Crippen molar-refractivity contribution in [2.45, 2.75) is 0 Å². The molecule has 0 aromatic carbocycles. The summed E-state index contributed by atoms with van der Waals surface area (Å²) in [6.45, 7) is 0. The lowest BCUT2D eigenvalue weighted by molar-refractivity contribution is 0.978. The van der Waals surface area contributed by atoms with Gasteiger partial charge in [0.2, 0.25) is 5.56 Å². The number of thiophene rings is 1. The van der Waals surface area contributed by atoms with Crippen LogP contribution in [0.15, 0.2) is 58.3 Å². The highest BCUT2D eigenvalue weighted by Gasteiger charge is 2.12. The van der Waals surface area contributed by atoms with Gasteiger partial charge in [-0.15, -0.1) is 0 Å². The highest BCUT2D eigenvalue weighted by Crippen LogP contribution is 2.32. The third-order valence-corrected chi connectivity index (χ3v) is 4.52. The molecular formula is C17H14N4OS. The van der Waals surface area contributed by atoms with Gasteiger partial charge in [0, 0.05) is 47.5 Å². The molecule has 6 heteroatoms. The van der Waals surface area contributed by atoms with Crippen molar-refractivity contribution in [2.24, 2.45) is 7.05 Å². The molecule has 0 saturated carbocycles. The zero-order valence-electron chi connectivity index (χ0n) is 12.4. The maximum absolute atomic E-state index is 11.2. The molecule has 2 N–H and O–H groups in total. The molecule has 0 aliphatic carbocycles. The van der Waals surface area contributed by atoms with Gasteiger partial charge in [-0.2, -0.15) is 11.3 Å². The summed E-state index contributed by atoms with van der Waals surface area (Å²) in [5.74, 6) is 0.770. The zero-order valence-corrected chi connectivity index (χ0v) is 13.2. The Morgan fingerprint density at radius 1 is 1.26 bits per heavy atom. The van der Waals surface area contributed by atoms with Gasteiger partial charge >= 0.3 is 0 Å². The zero-order chi connectivity index (χ0) is 15.8. The van der Waals surface area contributed by atoms with Gasteiger partial charge in [-0.25, -0.2) is 4.98 Å². The highest BCUT2D eigenvalue weighted by molar-refractivity contribution is 7.08. The van der Waals surface area contributed by atoms with E-state index in [0.29, 0.717) is 0 Å². The number of fused-ring (bicyclic) bond motifs is 1. The fraction of sp³-hybridized carbons (Fsp3) is 0.0588. The van der Waals surface area contributed by atoms with Crippen molar-refractivity contribution in [1.29, 1.82) is 0 Å². The second kappa shape index (κ2) is 5.40. The third kappa shape index (κ3) is 2.43. The summed E-state index contributed by atoms with van der Waals surface area (Å²) in [4.78, 5) is 18.3. The van der Waals surface area contributed by atoms with E-state index in [1.807, 2.05) is 6.07 Å². The molecule has 114 valence electrons. The molecule has 0 spiro atoms. The first-order valence-corrected chi connectivity index (χ1v) is 8.09. The molecule has 0 aliphatic rings. The number of aryl methyl sites for hydroxylation is 1. The van der Waals surface area contributed by atoms with Crippen molar-refractivity contribution >= 4 is 33.7 Å². The van der Waals surface area contributed by atoms with E-state index in [1.54, 1.807) is 29.8 Å². The summed E-state index contributed by atoms with van der Waals surface area (Å²) in [5.41, 5.74) is 4.13. The molecule has 4 rings (SSSR count). The predicted molar refractivity (Wildman–Crippen MR) is 94.4 cm³/mol. The SMILES string of the molecule is Cn1c(-c2ccsc2)cc2c(Nc3ccc(=O)[nH]c3)nccc21. The first kappa shape index (κ1) is 13.8. The maximum Gasteiger partial charge on any atom is 0.248 e. The molecule has 0 bridgehead atoms. The van der Waals surface area contributed by atoms with Crippen LogP contribution in [0.5, 0.6) is 0 Å². The topological polar surface area (TPSA) is 62.7 Å². The average Bonchev–Trinajstić information content (AvgIpc) is 3.19. The Labute approximate surface area is 136 Å². The summed E-state index contributed by atoms with van der Waals surface area (Å²) < 4.78 is 2.16. The van der Waals surface area contributed by atoms with Crippen LogP contribution in [0, 0.1) is 0 Å². The van der Waals surface area contributed by atoms with Crippen LogP contribution in [0.4, 0.5) is 11.5 Å².